The number of anilines is 1. The standard InChI is InChI=1S/C18H18N4O/c1-12-15(13-7-4-6-10-17(13)22(12)2)11-20-21-18(23)14-8-3-5-9-16(14)19/h3-11H,19H2,1-2H3,(H,21,23)/b20-11+. The Morgan fingerprint density at radius 1 is 1.17 bits per heavy atom. The minimum Gasteiger partial charge on any atom is -0.398 e. The van der Waals surface area contributed by atoms with Crippen molar-refractivity contribution in [3.63, 3.8) is 0 Å². The third-order valence-corrected chi connectivity index (χ3v) is 4.01. The lowest BCUT2D eigenvalue weighted by Crippen LogP contribution is -2.19. The molecular formula is C18H18N4O. The molecule has 1 aromatic heterocycles. The van der Waals surface area contributed by atoms with Gasteiger partial charge >= 0.3 is 0 Å². The van der Waals surface area contributed by atoms with E-state index in [4.69, 9.17) is 5.73 Å². The molecule has 116 valence electrons. The van der Waals surface area contributed by atoms with Gasteiger partial charge in [0.1, 0.15) is 0 Å². The van der Waals surface area contributed by atoms with Crippen LogP contribution in [0.1, 0.15) is 21.6 Å². The Balaban J connectivity index is 1.86. The highest BCUT2D eigenvalue weighted by Gasteiger charge is 2.10. The summed E-state index contributed by atoms with van der Waals surface area (Å²) in [6, 6.07) is 15.0. The number of nitrogens with one attached hydrogen (secondary N) is 1. The van der Waals surface area contributed by atoms with Crippen LogP contribution in [0.15, 0.2) is 53.6 Å². The number of benzene rings is 2. The maximum Gasteiger partial charge on any atom is 0.273 e. The third-order valence-electron chi connectivity index (χ3n) is 4.01. The molecule has 5 heteroatoms. The highest BCUT2D eigenvalue weighted by atomic mass is 16.2. The van der Waals surface area contributed by atoms with E-state index < -0.39 is 0 Å². The number of para-hydroxylation sites is 2. The number of hydrogen-bond acceptors (Lipinski definition) is 3. The Labute approximate surface area is 134 Å². The Hall–Kier alpha value is -3.08. The SMILES string of the molecule is Cc1c(/C=N/NC(=O)c2ccccc2N)c2ccccc2n1C. The summed E-state index contributed by atoms with van der Waals surface area (Å²) in [6.45, 7) is 2.03. The number of nitrogen functional groups attached to an aromatic ring is 1. The molecule has 23 heavy (non-hydrogen) atoms. The van der Waals surface area contributed by atoms with Gasteiger partial charge in [-0.2, -0.15) is 5.10 Å². The minimum absolute atomic E-state index is 0.322. The average Bonchev–Trinajstić information content (AvgIpc) is 2.80. The van der Waals surface area contributed by atoms with Gasteiger partial charge in [0.2, 0.25) is 0 Å². The average molecular weight is 306 g/mol. The van der Waals surface area contributed by atoms with Gasteiger partial charge in [0.15, 0.2) is 0 Å². The third kappa shape index (κ3) is 2.68. The predicted octanol–water partition coefficient (Wildman–Crippen LogP) is 2.83. The summed E-state index contributed by atoms with van der Waals surface area (Å²) in [6.07, 6.45) is 1.68. The number of aryl methyl sites for hydroxylation is 1. The quantitative estimate of drug-likeness (QED) is 0.444. The summed E-state index contributed by atoms with van der Waals surface area (Å²) in [5, 5.41) is 5.19. The molecule has 0 fully saturated rings. The zero-order valence-corrected chi connectivity index (χ0v) is 13.1. The molecule has 0 aliphatic rings. The highest BCUT2D eigenvalue weighted by Crippen LogP contribution is 2.23. The van der Waals surface area contributed by atoms with Gasteiger partial charge in [-0.3, -0.25) is 4.79 Å². The van der Waals surface area contributed by atoms with Crippen LogP contribution < -0.4 is 11.2 Å². The lowest BCUT2D eigenvalue weighted by atomic mass is 10.1. The predicted molar refractivity (Wildman–Crippen MR) is 93.6 cm³/mol. The molecule has 2 aromatic carbocycles. The molecule has 3 N–H and O–H groups in total. The minimum atomic E-state index is -0.322. The van der Waals surface area contributed by atoms with Gasteiger partial charge in [-0.1, -0.05) is 30.3 Å². The zero-order chi connectivity index (χ0) is 16.4. The molecule has 5 nitrogen and oxygen atoms in total. The van der Waals surface area contributed by atoms with E-state index in [0.717, 1.165) is 22.2 Å². The molecule has 0 radical (unpaired) electrons. The van der Waals surface area contributed by atoms with E-state index in [9.17, 15) is 4.79 Å². The number of nitrogens with two attached hydrogens (primary N) is 1. The Morgan fingerprint density at radius 2 is 1.87 bits per heavy atom. The monoisotopic (exact) mass is 306 g/mol. The van der Waals surface area contributed by atoms with Crippen molar-refractivity contribution in [2.45, 2.75) is 6.92 Å². The van der Waals surface area contributed by atoms with Crippen LogP contribution in [0.2, 0.25) is 0 Å². The topological polar surface area (TPSA) is 72.4 Å². The lowest BCUT2D eigenvalue weighted by molar-refractivity contribution is 0.0956. The summed E-state index contributed by atoms with van der Waals surface area (Å²) in [4.78, 5) is 12.1. The second kappa shape index (κ2) is 5.96. The summed E-state index contributed by atoms with van der Waals surface area (Å²) in [7, 11) is 2.01. The first-order valence-electron chi connectivity index (χ1n) is 7.31. The van der Waals surface area contributed by atoms with Gasteiger partial charge in [0.05, 0.1) is 11.8 Å². The zero-order valence-electron chi connectivity index (χ0n) is 13.1. The molecule has 0 aliphatic heterocycles. The Morgan fingerprint density at radius 3 is 2.65 bits per heavy atom. The van der Waals surface area contributed by atoms with Gasteiger partial charge in [0, 0.05) is 34.9 Å². The van der Waals surface area contributed by atoms with Crippen LogP contribution in [0.4, 0.5) is 5.69 Å². The smallest absolute Gasteiger partial charge is 0.273 e. The Bertz CT molecular complexity index is 909. The van der Waals surface area contributed by atoms with Crippen LogP contribution in [-0.4, -0.2) is 16.7 Å². The number of nitrogens with zero attached hydrogens (tertiary/aromatic N) is 2. The van der Waals surface area contributed by atoms with Crippen molar-refractivity contribution in [3.05, 3.63) is 65.4 Å². The first-order chi connectivity index (χ1) is 11.1. The molecule has 1 heterocycles. The molecule has 0 saturated heterocycles. The van der Waals surface area contributed by atoms with Crippen LogP contribution in [-0.2, 0) is 7.05 Å². The van der Waals surface area contributed by atoms with Crippen molar-refractivity contribution in [2.24, 2.45) is 12.1 Å². The number of hydrazone groups is 1. The molecule has 0 unspecified atom stereocenters. The first kappa shape index (κ1) is 14.8. The summed E-state index contributed by atoms with van der Waals surface area (Å²) < 4.78 is 2.10. The number of amides is 1. The van der Waals surface area contributed by atoms with Gasteiger partial charge in [-0.15, -0.1) is 0 Å². The van der Waals surface area contributed by atoms with E-state index in [1.54, 1.807) is 30.5 Å². The van der Waals surface area contributed by atoms with Crippen molar-refractivity contribution in [1.29, 1.82) is 0 Å². The van der Waals surface area contributed by atoms with E-state index in [1.165, 1.54) is 0 Å². The maximum absolute atomic E-state index is 12.1. The van der Waals surface area contributed by atoms with Crippen molar-refractivity contribution < 1.29 is 4.79 Å². The van der Waals surface area contributed by atoms with Crippen molar-refractivity contribution in [3.8, 4) is 0 Å². The van der Waals surface area contributed by atoms with E-state index >= 15 is 0 Å². The van der Waals surface area contributed by atoms with Gasteiger partial charge in [0.25, 0.3) is 5.91 Å². The van der Waals surface area contributed by atoms with Gasteiger partial charge in [-0.25, -0.2) is 5.43 Å². The number of fused-ring (bicyclic) bond motifs is 1. The lowest BCUT2D eigenvalue weighted by Gasteiger charge is -2.03. The fourth-order valence-corrected chi connectivity index (χ4v) is 2.63. The highest BCUT2D eigenvalue weighted by molar-refractivity contribution is 6.02. The summed E-state index contributed by atoms with van der Waals surface area (Å²) in [5.41, 5.74) is 12.4. The van der Waals surface area contributed by atoms with Crippen LogP contribution >= 0.6 is 0 Å². The van der Waals surface area contributed by atoms with Crippen molar-refractivity contribution in [2.75, 3.05) is 5.73 Å². The maximum atomic E-state index is 12.1. The number of rotatable bonds is 3. The Kier molecular flexibility index (Phi) is 3.85. The van der Waals surface area contributed by atoms with Crippen molar-refractivity contribution in [1.82, 2.24) is 9.99 Å². The molecule has 0 aliphatic carbocycles. The molecule has 3 aromatic rings. The van der Waals surface area contributed by atoms with Crippen LogP contribution in [0.5, 0.6) is 0 Å². The molecule has 3 rings (SSSR count). The largest absolute Gasteiger partial charge is 0.398 e. The summed E-state index contributed by atoms with van der Waals surface area (Å²) >= 11 is 0. The second-order valence-electron chi connectivity index (χ2n) is 5.36. The van der Waals surface area contributed by atoms with Gasteiger partial charge < -0.3 is 10.3 Å². The molecule has 0 saturated carbocycles. The van der Waals surface area contributed by atoms with Gasteiger partial charge in [-0.05, 0) is 25.1 Å². The molecular weight excluding hydrogens is 288 g/mol. The number of carbonyl (C=O) groups is 1. The molecule has 1 amide bonds. The number of carbonyl (C=O) groups excluding carboxylic acids is 1. The first-order valence-corrected chi connectivity index (χ1v) is 7.31. The number of aromatic nitrogens is 1. The van der Waals surface area contributed by atoms with E-state index in [2.05, 4.69) is 21.2 Å². The fraction of sp³-hybridized carbons (Fsp3) is 0.111. The molecule has 0 atom stereocenters. The van der Waals surface area contributed by atoms with E-state index in [-0.39, 0.29) is 5.91 Å². The fourth-order valence-electron chi connectivity index (χ4n) is 2.63. The van der Waals surface area contributed by atoms with Crippen LogP contribution in [0, 0.1) is 6.92 Å². The summed E-state index contributed by atoms with van der Waals surface area (Å²) in [5.74, 6) is -0.322. The number of hydrogen-bond donors (Lipinski definition) is 2. The molecule has 0 bridgehead atoms. The van der Waals surface area contributed by atoms with E-state index in [0.29, 0.717) is 11.3 Å². The second-order valence-corrected chi connectivity index (χ2v) is 5.36. The van der Waals surface area contributed by atoms with Crippen molar-refractivity contribution >= 4 is 28.7 Å². The normalized spacial score (nSPS) is 11.2. The van der Waals surface area contributed by atoms with E-state index in [1.807, 2.05) is 32.2 Å². The molecule has 0 spiro atoms. The van der Waals surface area contributed by atoms with Crippen LogP contribution in [0.3, 0.4) is 0 Å². The van der Waals surface area contributed by atoms with Crippen LogP contribution in [0.25, 0.3) is 10.9 Å².